The number of fused-ring (bicyclic) bond motifs is 1. The van der Waals surface area contributed by atoms with Crippen LogP contribution in [0.3, 0.4) is 0 Å². The van der Waals surface area contributed by atoms with Crippen molar-refractivity contribution in [3.05, 3.63) is 47.8 Å². The number of aromatic nitrogens is 3. The third-order valence-corrected chi connectivity index (χ3v) is 3.17. The van der Waals surface area contributed by atoms with Crippen molar-refractivity contribution in [1.82, 2.24) is 15.0 Å². The van der Waals surface area contributed by atoms with Crippen LogP contribution in [0.5, 0.6) is 0 Å². The van der Waals surface area contributed by atoms with Crippen molar-refractivity contribution in [3.63, 3.8) is 0 Å². The summed E-state index contributed by atoms with van der Waals surface area (Å²) in [5, 5.41) is 0. The van der Waals surface area contributed by atoms with E-state index < -0.39 is 23.2 Å². The highest BCUT2D eigenvalue weighted by Crippen LogP contribution is 2.34. The van der Waals surface area contributed by atoms with Gasteiger partial charge in [0.2, 0.25) is 5.91 Å². The molecule has 3 N–H and O–H groups in total. The number of pyridine rings is 1. The van der Waals surface area contributed by atoms with Gasteiger partial charge in [-0.05, 0) is 24.3 Å². The van der Waals surface area contributed by atoms with Crippen LogP contribution in [0.2, 0.25) is 0 Å². The third-order valence-electron chi connectivity index (χ3n) is 3.17. The number of primary amides is 1. The van der Waals surface area contributed by atoms with E-state index in [-0.39, 0.29) is 5.56 Å². The van der Waals surface area contributed by atoms with Crippen LogP contribution in [0.4, 0.5) is 13.2 Å². The quantitative estimate of drug-likeness (QED) is 0.763. The third kappa shape index (κ3) is 2.39. The largest absolute Gasteiger partial charge is 0.417 e. The lowest BCUT2D eigenvalue weighted by Crippen LogP contribution is -2.18. The normalized spacial score (nSPS) is 11.8. The van der Waals surface area contributed by atoms with Crippen molar-refractivity contribution in [1.29, 1.82) is 0 Å². The minimum absolute atomic E-state index is 0.224. The molecule has 2 aromatic heterocycles. The van der Waals surface area contributed by atoms with Gasteiger partial charge in [-0.25, -0.2) is 9.97 Å². The molecule has 0 spiro atoms. The lowest BCUT2D eigenvalue weighted by molar-refractivity contribution is -0.137. The number of nitrogens with two attached hydrogens (primary N) is 1. The molecule has 3 aromatic rings. The molecule has 0 saturated heterocycles. The molecule has 22 heavy (non-hydrogen) atoms. The predicted octanol–water partition coefficient (Wildman–Crippen LogP) is 2.74. The van der Waals surface area contributed by atoms with Gasteiger partial charge in [0.15, 0.2) is 5.65 Å². The van der Waals surface area contributed by atoms with E-state index in [9.17, 15) is 18.0 Å². The highest BCUT2D eigenvalue weighted by atomic mass is 19.4. The molecule has 5 nitrogen and oxygen atoms in total. The Balaban J connectivity index is 2.17. The summed E-state index contributed by atoms with van der Waals surface area (Å²) < 4.78 is 39.2. The first kappa shape index (κ1) is 14.1. The Labute approximate surface area is 122 Å². The fourth-order valence-electron chi connectivity index (χ4n) is 2.14. The minimum atomic E-state index is -4.68. The summed E-state index contributed by atoms with van der Waals surface area (Å²) in [6, 6.07) is 6.52. The SMILES string of the molecule is NC(=O)c1ccc(-c2ccc3[nH]cnc3n2)cc1C(F)(F)F. The van der Waals surface area contributed by atoms with Gasteiger partial charge < -0.3 is 10.7 Å². The molecule has 0 aliphatic heterocycles. The van der Waals surface area contributed by atoms with Crippen LogP contribution in [0.25, 0.3) is 22.4 Å². The van der Waals surface area contributed by atoms with Crippen molar-refractivity contribution in [2.45, 2.75) is 6.18 Å². The fourth-order valence-corrected chi connectivity index (χ4v) is 2.14. The fraction of sp³-hybridized carbons (Fsp3) is 0.0714. The number of nitrogens with one attached hydrogen (secondary N) is 1. The summed E-state index contributed by atoms with van der Waals surface area (Å²) in [6.07, 6.45) is -3.24. The molecule has 0 unspecified atom stereocenters. The van der Waals surface area contributed by atoms with Gasteiger partial charge in [-0.2, -0.15) is 13.2 Å². The maximum Gasteiger partial charge on any atom is 0.417 e. The number of carbonyl (C=O) groups excluding carboxylic acids is 1. The number of benzene rings is 1. The Hall–Kier alpha value is -2.90. The number of aromatic amines is 1. The topological polar surface area (TPSA) is 84.7 Å². The molecule has 0 radical (unpaired) electrons. The summed E-state index contributed by atoms with van der Waals surface area (Å²) in [6.45, 7) is 0. The molecule has 1 amide bonds. The van der Waals surface area contributed by atoms with Crippen molar-refractivity contribution in [2.24, 2.45) is 5.73 Å². The number of alkyl halides is 3. The van der Waals surface area contributed by atoms with Gasteiger partial charge >= 0.3 is 6.18 Å². The van der Waals surface area contributed by atoms with E-state index in [2.05, 4.69) is 15.0 Å². The van der Waals surface area contributed by atoms with E-state index in [0.717, 1.165) is 12.1 Å². The van der Waals surface area contributed by atoms with Crippen LogP contribution < -0.4 is 5.73 Å². The zero-order valence-corrected chi connectivity index (χ0v) is 11.0. The summed E-state index contributed by atoms with van der Waals surface area (Å²) in [5.74, 6) is -1.13. The standard InChI is InChI=1S/C14H9F3N4O/c15-14(16,17)9-5-7(1-2-8(9)12(18)22)10-3-4-11-13(21-10)20-6-19-11/h1-6H,(H2,18,22)(H,19,20,21). The molecule has 0 aliphatic carbocycles. The van der Waals surface area contributed by atoms with E-state index in [1.807, 2.05) is 0 Å². The average Bonchev–Trinajstić information content (AvgIpc) is 2.93. The number of H-pyrrole nitrogens is 1. The van der Waals surface area contributed by atoms with Gasteiger partial charge in [-0.3, -0.25) is 4.79 Å². The second-order valence-corrected chi connectivity index (χ2v) is 4.59. The van der Waals surface area contributed by atoms with Crippen LogP contribution >= 0.6 is 0 Å². The second-order valence-electron chi connectivity index (χ2n) is 4.59. The molecule has 2 heterocycles. The molecular weight excluding hydrogens is 297 g/mol. The number of hydrogen-bond acceptors (Lipinski definition) is 3. The Bertz CT molecular complexity index is 870. The lowest BCUT2D eigenvalue weighted by Gasteiger charge is -2.12. The second kappa shape index (κ2) is 4.83. The van der Waals surface area contributed by atoms with Gasteiger partial charge in [0.25, 0.3) is 0 Å². The number of imidazole rings is 1. The van der Waals surface area contributed by atoms with Crippen LogP contribution in [0.1, 0.15) is 15.9 Å². The first-order valence-corrected chi connectivity index (χ1v) is 6.18. The Kier molecular flexibility index (Phi) is 3.09. The maximum absolute atomic E-state index is 13.1. The van der Waals surface area contributed by atoms with Gasteiger partial charge in [-0.15, -0.1) is 0 Å². The number of amides is 1. The van der Waals surface area contributed by atoms with Gasteiger partial charge in [0, 0.05) is 5.56 Å². The van der Waals surface area contributed by atoms with Crippen molar-refractivity contribution in [2.75, 3.05) is 0 Å². The van der Waals surface area contributed by atoms with Crippen LogP contribution in [0, 0.1) is 0 Å². The number of halogens is 3. The van der Waals surface area contributed by atoms with E-state index in [4.69, 9.17) is 5.73 Å². The van der Waals surface area contributed by atoms with E-state index in [1.54, 1.807) is 12.1 Å². The van der Waals surface area contributed by atoms with E-state index >= 15 is 0 Å². The summed E-state index contributed by atoms with van der Waals surface area (Å²) in [7, 11) is 0. The molecule has 0 aliphatic rings. The molecule has 8 heteroatoms. The van der Waals surface area contributed by atoms with E-state index in [0.29, 0.717) is 16.9 Å². The van der Waals surface area contributed by atoms with Crippen LogP contribution in [0.15, 0.2) is 36.7 Å². The van der Waals surface area contributed by atoms with Crippen molar-refractivity contribution in [3.8, 4) is 11.3 Å². The summed E-state index contributed by atoms with van der Waals surface area (Å²) in [5.41, 5.74) is 4.95. The van der Waals surface area contributed by atoms with Gasteiger partial charge in [0.1, 0.15) is 0 Å². The maximum atomic E-state index is 13.1. The first-order chi connectivity index (χ1) is 10.4. The Morgan fingerprint density at radius 1 is 1.18 bits per heavy atom. The number of nitrogens with zero attached hydrogens (tertiary/aromatic N) is 2. The monoisotopic (exact) mass is 306 g/mol. The lowest BCUT2D eigenvalue weighted by atomic mass is 10.0. The molecule has 112 valence electrons. The minimum Gasteiger partial charge on any atom is -0.366 e. The smallest absolute Gasteiger partial charge is 0.366 e. The van der Waals surface area contributed by atoms with Crippen LogP contribution in [-0.4, -0.2) is 20.9 Å². The number of hydrogen-bond donors (Lipinski definition) is 2. The van der Waals surface area contributed by atoms with Gasteiger partial charge in [0.05, 0.1) is 28.7 Å². The molecule has 0 saturated carbocycles. The van der Waals surface area contributed by atoms with Crippen LogP contribution in [-0.2, 0) is 6.18 Å². The molecule has 3 rings (SSSR count). The Morgan fingerprint density at radius 2 is 1.95 bits per heavy atom. The first-order valence-electron chi connectivity index (χ1n) is 6.18. The summed E-state index contributed by atoms with van der Waals surface area (Å²) in [4.78, 5) is 22.1. The Morgan fingerprint density at radius 3 is 2.64 bits per heavy atom. The molecule has 0 fully saturated rings. The summed E-state index contributed by atoms with van der Waals surface area (Å²) >= 11 is 0. The van der Waals surface area contributed by atoms with E-state index in [1.165, 1.54) is 12.4 Å². The zero-order valence-electron chi connectivity index (χ0n) is 11.0. The predicted molar refractivity (Wildman–Crippen MR) is 72.8 cm³/mol. The number of rotatable bonds is 2. The molecule has 0 bridgehead atoms. The van der Waals surface area contributed by atoms with Crippen molar-refractivity contribution < 1.29 is 18.0 Å². The molecular formula is C14H9F3N4O. The van der Waals surface area contributed by atoms with Gasteiger partial charge in [-0.1, -0.05) is 6.07 Å². The van der Waals surface area contributed by atoms with Crippen molar-refractivity contribution >= 4 is 17.1 Å². The zero-order chi connectivity index (χ0) is 15.9. The average molecular weight is 306 g/mol. The molecule has 0 atom stereocenters. The molecule has 1 aromatic carbocycles. The number of carbonyl (C=O) groups is 1. The highest BCUT2D eigenvalue weighted by molar-refractivity contribution is 5.95. The highest BCUT2D eigenvalue weighted by Gasteiger charge is 2.35.